The number of benzene rings is 1. The van der Waals surface area contributed by atoms with Gasteiger partial charge in [0.1, 0.15) is 11.6 Å². The van der Waals surface area contributed by atoms with Crippen LogP contribution < -0.4 is 16.6 Å². The van der Waals surface area contributed by atoms with Gasteiger partial charge in [-0.3, -0.25) is 0 Å². The van der Waals surface area contributed by atoms with E-state index >= 15 is 0 Å². The van der Waals surface area contributed by atoms with Crippen molar-refractivity contribution in [3.05, 3.63) is 41.7 Å². The molecule has 2 rings (SSSR count). The standard InChI is InChI=1S/C11H8F5N5/c12-5-2-1-3-6(9(5)13)18-7-4-8(21-17)20-10(19-7)11(14,15)16/h1-4H,17H2,(H2,18,19,20,21). The second kappa shape index (κ2) is 5.48. The number of hydrazine groups is 1. The summed E-state index contributed by atoms with van der Waals surface area (Å²) in [5, 5.41) is 2.24. The van der Waals surface area contributed by atoms with E-state index in [-0.39, 0.29) is 11.5 Å². The third-order valence-corrected chi connectivity index (χ3v) is 2.34. The second-order valence-electron chi connectivity index (χ2n) is 3.83. The van der Waals surface area contributed by atoms with Crippen LogP contribution in [0.2, 0.25) is 0 Å². The number of aromatic nitrogens is 2. The van der Waals surface area contributed by atoms with Crippen LogP contribution in [0.3, 0.4) is 0 Å². The molecule has 0 radical (unpaired) electrons. The van der Waals surface area contributed by atoms with Gasteiger partial charge in [0.15, 0.2) is 11.6 Å². The Balaban J connectivity index is 2.42. The number of alkyl halides is 3. The van der Waals surface area contributed by atoms with Crippen LogP contribution in [0.4, 0.5) is 39.3 Å². The van der Waals surface area contributed by atoms with Gasteiger partial charge in [-0.15, -0.1) is 0 Å². The minimum atomic E-state index is -4.82. The van der Waals surface area contributed by atoms with Crippen LogP contribution in [-0.2, 0) is 6.18 Å². The number of halogens is 5. The third-order valence-electron chi connectivity index (χ3n) is 2.34. The molecule has 0 aliphatic rings. The normalized spacial score (nSPS) is 11.3. The van der Waals surface area contributed by atoms with Crippen molar-refractivity contribution in [2.75, 3.05) is 10.7 Å². The second-order valence-corrected chi connectivity index (χ2v) is 3.83. The molecular formula is C11H8F5N5. The molecule has 2 aromatic rings. The van der Waals surface area contributed by atoms with Crippen LogP contribution in [0.25, 0.3) is 0 Å². The number of anilines is 3. The topological polar surface area (TPSA) is 75.9 Å². The smallest absolute Gasteiger partial charge is 0.338 e. The molecule has 0 saturated heterocycles. The van der Waals surface area contributed by atoms with Crippen molar-refractivity contribution >= 4 is 17.3 Å². The first-order chi connectivity index (χ1) is 9.81. The fourth-order valence-electron chi connectivity index (χ4n) is 1.45. The van der Waals surface area contributed by atoms with Crippen LogP contribution in [0.5, 0.6) is 0 Å². The van der Waals surface area contributed by atoms with E-state index in [1.807, 2.05) is 5.43 Å². The van der Waals surface area contributed by atoms with Crippen LogP contribution >= 0.6 is 0 Å². The molecule has 0 atom stereocenters. The Morgan fingerprint density at radius 1 is 1.05 bits per heavy atom. The first-order valence-corrected chi connectivity index (χ1v) is 5.45. The third kappa shape index (κ3) is 3.34. The lowest BCUT2D eigenvalue weighted by molar-refractivity contribution is -0.144. The van der Waals surface area contributed by atoms with Crippen LogP contribution in [-0.4, -0.2) is 9.97 Å². The zero-order valence-electron chi connectivity index (χ0n) is 10.2. The summed E-state index contributed by atoms with van der Waals surface area (Å²) in [6.07, 6.45) is -4.82. The lowest BCUT2D eigenvalue weighted by Crippen LogP contribution is -2.16. The van der Waals surface area contributed by atoms with E-state index in [9.17, 15) is 22.0 Å². The summed E-state index contributed by atoms with van der Waals surface area (Å²) in [5.41, 5.74) is 1.56. The molecule has 112 valence electrons. The molecule has 1 aromatic carbocycles. The molecule has 4 N–H and O–H groups in total. The Morgan fingerprint density at radius 2 is 1.71 bits per heavy atom. The van der Waals surface area contributed by atoms with Crippen molar-refractivity contribution in [3.8, 4) is 0 Å². The molecule has 0 aliphatic heterocycles. The lowest BCUT2D eigenvalue weighted by atomic mass is 10.3. The average molecular weight is 305 g/mol. The molecule has 0 aliphatic carbocycles. The first kappa shape index (κ1) is 14.9. The minimum Gasteiger partial charge on any atom is -0.338 e. The van der Waals surface area contributed by atoms with Gasteiger partial charge in [-0.05, 0) is 12.1 Å². The number of nitrogens with two attached hydrogens (primary N) is 1. The summed E-state index contributed by atoms with van der Waals surface area (Å²) in [5.74, 6) is 0.410. The van der Waals surface area contributed by atoms with Crippen molar-refractivity contribution in [2.45, 2.75) is 6.18 Å². The molecule has 0 fully saturated rings. The minimum absolute atomic E-state index is 0.336. The molecular weight excluding hydrogens is 297 g/mol. The Morgan fingerprint density at radius 3 is 2.33 bits per heavy atom. The van der Waals surface area contributed by atoms with Crippen molar-refractivity contribution in [1.29, 1.82) is 0 Å². The maximum absolute atomic E-state index is 13.5. The quantitative estimate of drug-likeness (QED) is 0.462. The Kier molecular flexibility index (Phi) is 3.89. The number of nitrogens with one attached hydrogen (secondary N) is 2. The van der Waals surface area contributed by atoms with E-state index in [1.165, 1.54) is 6.07 Å². The van der Waals surface area contributed by atoms with Gasteiger partial charge in [-0.25, -0.2) is 24.6 Å². The highest BCUT2D eigenvalue weighted by molar-refractivity contribution is 5.59. The van der Waals surface area contributed by atoms with Gasteiger partial charge in [0, 0.05) is 6.07 Å². The highest BCUT2D eigenvalue weighted by atomic mass is 19.4. The summed E-state index contributed by atoms with van der Waals surface area (Å²) in [6, 6.07) is 4.21. The van der Waals surface area contributed by atoms with Crippen molar-refractivity contribution in [1.82, 2.24) is 9.97 Å². The molecule has 21 heavy (non-hydrogen) atoms. The lowest BCUT2D eigenvalue weighted by Gasteiger charge is -2.11. The summed E-state index contributed by atoms with van der Waals surface area (Å²) < 4.78 is 64.3. The van der Waals surface area contributed by atoms with Crippen LogP contribution in [0, 0.1) is 11.6 Å². The molecule has 0 saturated carbocycles. The summed E-state index contributed by atoms with van der Waals surface area (Å²) in [7, 11) is 0. The number of nitrogen functional groups attached to an aromatic ring is 1. The highest BCUT2D eigenvalue weighted by Crippen LogP contribution is 2.29. The molecule has 0 spiro atoms. The Hall–Kier alpha value is -2.49. The SMILES string of the molecule is NNc1cc(Nc2cccc(F)c2F)nc(C(F)(F)F)n1. The van der Waals surface area contributed by atoms with Gasteiger partial charge in [-0.1, -0.05) is 6.07 Å². The average Bonchev–Trinajstić information content (AvgIpc) is 2.42. The van der Waals surface area contributed by atoms with E-state index in [4.69, 9.17) is 5.84 Å². The molecule has 1 aromatic heterocycles. The predicted octanol–water partition coefficient (Wildman–Crippen LogP) is 2.80. The molecule has 0 unspecified atom stereocenters. The van der Waals surface area contributed by atoms with E-state index in [1.54, 1.807) is 0 Å². The van der Waals surface area contributed by atoms with Gasteiger partial charge in [0.2, 0.25) is 5.82 Å². The predicted molar refractivity (Wildman–Crippen MR) is 64.5 cm³/mol. The fraction of sp³-hybridized carbons (Fsp3) is 0.0909. The zero-order chi connectivity index (χ0) is 15.6. The van der Waals surface area contributed by atoms with Gasteiger partial charge in [0.05, 0.1) is 5.69 Å². The van der Waals surface area contributed by atoms with Crippen molar-refractivity contribution < 1.29 is 22.0 Å². The molecule has 1 heterocycles. The first-order valence-electron chi connectivity index (χ1n) is 5.45. The number of hydrogen-bond acceptors (Lipinski definition) is 5. The van der Waals surface area contributed by atoms with Gasteiger partial charge in [-0.2, -0.15) is 13.2 Å². The molecule has 10 heteroatoms. The number of rotatable bonds is 3. The van der Waals surface area contributed by atoms with E-state index in [2.05, 4.69) is 15.3 Å². The van der Waals surface area contributed by atoms with Gasteiger partial charge in [0.25, 0.3) is 0 Å². The van der Waals surface area contributed by atoms with Gasteiger partial charge >= 0.3 is 6.18 Å². The van der Waals surface area contributed by atoms with Crippen molar-refractivity contribution in [3.63, 3.8) is 0 Å². The molecule has 0 bridgehead atoms. The molecule has 5 nitrogen and oxygen atoms in total. The van der Waals surface area contributed by atoms with Crippen LogP contribution in [0.15, 0.2) is 24.3 Å². The van der Waals surface area contributed by atoms with Crippen molar-refractivity contribution in [2.24, 2.45) is 5.84 Å². The van der Waals surface area contributed by atoms with E-state index < -0.39 is 29.5 Å². The van der Waals surface area contributed by atoms with E-state index in [0.29, 0.717) is 0 Å². The van der Waals surface area contributed by atoms with E-state index in [0.717, 1.165) is 18.2 Å². The number of hydrogen-bond donors (Lipinski definition) is 3. The number of nitrogens with zero attached hydrogens (tertiary/aromatic N) is 2. The summed E-state index contributed by atoms with van der Waals surface area (Å²) >= 11 is 0. The highest BCUT2D eigenvalue weighted by Gasteiger charge is 2.35. The zero-order valence-corrected chi connectivity index (χ0v) is 10.2. The van der Waals surface area contributed by atoms with Gasteiger partial charge < -0.3 is 10.7 Å². The monoisotopic (exact) mass is 305 g/mol. The Labute approximate surface area is 115 Å². The Bertz CT molecular complexity index is 658. The largest absolute Gasteiger partial charge is 0.451 e. The maximum atomic E-state index is 13.5. The fourth-order valence-corrected chi connectivity index (χ4v) is 1.45. The summed E-state index contributed by atoms with van der Waals surface area (Å²) in [6.45, 7) is 0. The molecule has 0 amide bonds. The summed E-state index contributed by atoms with van der Waals surface area (Å²) in [4.78, 5) is 6.31. The van der Waals surface area contributed by atoms with Crippen LogP contribution in [0.1, 0.15) is 5.82 Å². The maximum Gasteiger partial charge on any atom is 0.451 e.